The van der Waals surface area contributed by atoms with Gasteiger partial charge >= 0.3 is 0 Å². The van der Waals surface area contributed by atoms with Crippen LogP contribution in [0.4, 0.5) is 5.82 Å². The summed E-state index contributed by atoms with van der Waals surface area (Å²) in [6, 6.07) is 7.99. The summed E-state index contributed by atoms with van der Waals surface area (Å²) in [7, 11) is 0. The van der Waals surface area contributed by atoms with Gasteiger partial charge < -0.3 is 20.8 Å². The fourth-order valence-corrected chi connectivity index (χ4v) is 3.63. The maximum atomic E-state index is 11.5. The summed E-state index contributed by atoms with van der Waals surface area (Å²) < 4.78 is 8.01. The molecule has 2 aromatic heterocycles. The number of aryl methyl sites for hydroxylation is 2. The van der Waals surface area contributed by atoms with Gasteiger partial charge in [0, 0.05) is 25.0 Å². The van der Waals surface area contributed by atoms with Crippen molar-refractivity contribution in [2.45, 2.75) is 51.2 Å². The summed E-state index contributed by atoms with van der Waals surface area (Å²) in [6.07, 6.45) is 4.09. The molecule has 4 N–H and O–H groups in total. The van der Waals surface area contributed by atoms with Crippen LogP contribution in [0.3, 0.4) is 0 Å². The maximum Gasteiger partial charge on any atom is 0.249 e. The molecule has 0 bridgehead atoms. The van der Waals surface area contributed by atoms with Crippen LogP contribution in [0.2, 0.25) is 0 Å². The van der Waals surface area contributed by atoms with E-state index in [2.05, 4.69) is 22.5 Å². The number of para-hydroxylation sites is 1. The quantitative estimate of drug-likeness (QED) is 0.595. The summed E-state index contributed by atoms with van der Waals surface area (Å²) in [4.78, 5) is 20.7. The lowest BCUT2D eigenvalue weighted by atomic mass is 10.2. The van der Waals surface area contributed by atoms with E-state index in [4.69, 9.17) is 21.2 Å². The minimum atomic E-state index is -0.718. The van der Waals surface area contributed by atoms with Crippen LogP contribution in [0.25, 0.3) is 21.9 Å². The fraction of sp³-hybridized carbons (Fsp3) is 0.450. The van der Waals surface area contributed by atoms with E-state index in [1.807, 2.05) is 18.2 Å². The zero-order valence-corrected chi connectivity index (χ0v) is 15.6. The van der Waals surface area contributed by atoms with Gasteiger partial charge in [0.1, 0.15) is 16.9 Å². The number of ether oxygens (including phenoxy) is 1. The highest BCUT2D eigenvalue weighted by Crippen LogP contribution is 2.39. The smallest absolute Gasteiger partial charge is 0.249 e. The normalized spacial score (nSPS) is 15.4. The van der Waals surface area contributed by atoms with Gasteiger partial charge in [-0.3, -0.25) is 4.79 Å². The van der Waals surface area contributed by atoms with E-state index >= 15 is 0 Å². The zero-order valence-electron chi connectivity index (χ0n) is 15.6. The van der Waals surface area contributed by atoms with Gasteiger partial charge in [0.25, 0.3) is 0 Å². The standard InChI is InChI=1S/C20H25N5O2/c1-2-6-15-24-16-17(13-7-3-4-8-14(13)23-18(16)21)25(15)11-5-12-27-20(9-10-20)19(22)26/h3-4,7-8H,2,5-6,9-12H2,1H3,(H2,21,23)(H2,22,26). The number of carbonyl (C=O) groups excluding carboxylic acids is 1. The third kappa shape index (κ3) is 3.12. The second-order valence-electron chi connectivity index (χ2n) is 7.20. The van der Waals surface area contributed by atoms with Crippen molar-refractivity contribution in [1.82, 2.24) is 14.5 Å². The zero-order chi connectivity index (χ0) is 19.0. The maximum absolute atomic E-state index is 11.5. The van der Waals surface area contributed by atoms with Gasteiger partial charge in [0.05, 0.1) is 11.0 Å². The number of nitrogens with zero attached hydrogens (tertiary/aromatic N) is 3. The van der Waals surface area contributed by atoms with E-state index in [9.17, 15) is 4.79 Å². The Hall–Kier alpha value is -2.67. The minimum absolute atomic E-state index is 0.355. The molecule has 0 atom stereocenters. The summed E-state index contributed by atoms with van der Waals surface area (Å²) >= 11 is 0. The Morgan fingerprint density at radius 2 is 2.07 bits per heavy atom. The van der Waals surface area contributed by atoms with Crippen LogP contribution in [0, 0.1) is 0 Å². The van der Waals surface area contributed by atoms with Gasteiger partial charge in [0.2, 0.25) is 5.91 Å². The van der Waals surface area contributed by atoms with Crippen molar-refractivity contribution in [3.8, 4) is 0 Å². The van der Waals surface area contributed by atoms with Crippen molar-refractivity contribution < 1.29 is 9.53 Å². The number of benzene rings is 1. The number of nitrogen functional groups attached to an aromatic ring is 1. The molecule has 0 saturated heterocycles. The van der Waals surface area contributed by atoms with Crippen molar-refractivity contribution in [3.63, 3.8) is 0 Å². The molecule has 27 heavy (non-hydrogen) atoms. The lowest BCUT2D eigenvalue weighted by molar-refractivity contribution is -0.132. The number of nitrogens with two attached hydrogens (primary N) is 2. The van der Waals surface area contributed by atoms with Gasteiger partial charge in [0.15, 0.2) is 5.82 Å². The fourth-order valence-electron chi connectivity index (χ4n) is 3.63. The number of pyridine rings is 1. The number of fused-ring (bicyclic) bond motifs is 3. The lowest BCUT2D eigenvalue weighted by Crippen LogP contribution is -2.33. The largest absolute Gasteiger partial charge is 0.382 e. The van der Waals surface area contributed by atoms with Crippen LogP contribution in [-0.4, -0.2) is 32.7 Å². The Labute approximate surface area is 157 Å². The monoisotopic (exact) mass is 367 g/mol. The number of carbonyl (C=O) groups is 1. The van der Waals surface area contributed by atoms with Crippen LogP contribution < -0.4 is 11.5 Å². The second-order valence-corrected chi connectivity index (χ2v) is 7.20. The second kappa shape index (κ2) is 6.81. The Kier molecular flexibility index (Phi) is 4.47. The molecule has 0 spiro atoms. The number of rotatable bonds is 8. The van der Waals surface area contributed by atoms with Gasteiger partial charge in [-0.25, -0.2) is 9.97 Å². The van der Waals surface area contributed by atoms with Crippen molar-refractivity contribution in [2.24, 2.45) is 5.73 Å². The molecule has 7 nitrogen and oxygen atoms in total. The van der Waals surface area contributed by atoms with E-state index in [0.717, 1.165) is 66.4 Å². The SMILES string of the molecule is CCCc1nc2c(N)nc3ccccc3c2n1CCCOC1(C(N)=O)CC1. The Balaban J connectivity index is 1.65. The number of hydrogen-bond donors (Lipinski definition) is 2. The molecule has 1 amide bonds. The van der Waals surface area contributed by atoms with E-state index in [1.165, 1.54) is 0 Å². The number of aromatic nitrogens is 3. The third-order valence-electron chi connectivity index (χ3n) is 5.22. The average Bonchev–Trinajstić information content (AvgIpc) is 3.36. The molecule has 0 unspecified atom stereocenters. The Bertz CT molecular complexity index is 1010. The number of imidazole rings is 1. The summed E-state index contributed by atoms with van der Waals surface area (Å²) in [6.45, 7) is 3.37. The Morgan fingerprint density at radius 1 is 1.30 bits per heavy atom. The first-order valence-corrected chi connectivity index (χ1v) is 9.53. The molecule has 0 radical (unpaired) electrons. The first kappa shape index (κ1) is 17.7. The predicted octanol–water partition coefficient (Wildman–Crippen LogP) is 2.54. The number of hydrogen-bond acceptors (Lipinski definition) is 5. The number of amides is 1. The number of anilines is 1. The first-order valence-electron chi connectivity index (χ1n) is 9.53. The minimum Gasteiger partial charge on any atom is -0.382 e. The summed E-state index contributed by atoms with van der Waals surface area (Å²) in [5.41, 5.74) is 13.6. The van der Waals surface area contributed by atoms with E-state index < -0.39 is 5.60 Å². The molecule has 0 aliphatic heterocycles. The molecule has 1 aliphatic rings. The van der Waals surface area contributed by atoms with Crippen molar-refractivity contribution in [2.75, 3.05) is 12.3 Å². The molecule has 2 heterocycles. The molecule has 1 aromatic carbocycles. The molecule has 142 valence electrons. The van der Waals surface area contributed by atoms with E-state index in [-0.39, 0.29) is 5.91 Å². The molecular weight excluding hydrogens is 342 g/mol. The topological polar surface area (TPSA) is 109 Å². The van der Waals surface area contributed by atoms with Crippen LogP contribution in [0.5, 0.6) is 0 Å². The predicted molar refractivity (Wildman–Crippen MR) is 105 cm³/mol. The van der Waals surface area contributed by atoms with Crippen LogP contribution in [0.1, 0.15) is 38.4 Å². The summed E-state index contributed by atoms with van der Waals surface area (Å²) in [5.74, 6) is 1.11. The van der Waals surface area contributed by atoms with Crippen molar-refractivity contribution in [1.29, 1.82) is 0 Å². The number of primary amides is 1. The van der Waals surface area contributed by atoms with Crippen LogP contribution in [-0.2, 0) is 22.5 Å². The van der Waals surface area contributed by atoms with Gasteiger partial charge in [-0.15, -0.1) is 0 Å². The van der Waals surface area contributed by atoms with Crippen molar-refractivity contribution >= 4 is 33.7 Å². The van der Waals surface area contributed by atoms with Gasteiger partial charge in [-0.05, 0) is 31.7 Å². The molecule has 3 aromatic rings. The van der Waals surface area contributed by atoms with E-state index in [0.29, 0.717) is 12.4 Å². The molecule has 1 fully saturated rings. The van der Waals surface area contributed by atoms with Gasteiger partial charge in [-0.1, -0.05) is 25.1 Å². The highest BCUT2D eigenvalue weighted by Gasteiger charge is 2.49. The van der Waals surface area contributed by atoms with Crippen LogP contribution in [0.15, 0.2) is 24.3 Å². The Morgan fingerprint density at radius 3 is 2.78 bits per heavy atom. The molecule has 4 rings (SSSR count). The molecular formula is C20H25N5O2. The first-order chi connectivity index (χ1) is 13.1. The molecule has 1 saturated carbocycles. The van der Waals surface area contributed by atoms with Crippen molar-refractivity contribution in [3.05, 3.63) is 30.1 Å². The molecule has 7 heteroatoms. The third-order valence-corrected chi connectivity index (χ3v) is 5.22. The molecule has 1 aliphatic carbocycles. The van der Waals surface area contributed by atoms with Crippen LogP contribution >= 0.6 is 0 Å². The summed E-state index contributed by atoms with van der Waals surface area (Å²) in [5, 5.41) is 1.05. The lowest BCUT2D eigenvalue weighted by Gasteiger charge is -2.14. The highest BCUT2D eigenvalue weighted by molar-refractivity contribution is 6.06. The average molecular weight is 367 g/mol. The highest BCUT2D eigenvalue weighted by atomic mass is 16.5. The van der Waals surface area contributed by atoms with Gasteiger partial charge in [-0.2, -0.15) is 0 Å². The van der Waals surface area contributed by atoms with E-state index in [1.54, 1.807) is 0 Å².